The summed E-state index contributed by atoms with van der Waals surface area (Å²) in [5.74, 6) is -0.0770. The Kier molecular flexibility index (Phi) is 7.43. The van der Waals surface area contributed by atoms with Gasteiger partial charge in [-0.05, 0) is 32.4 Å². The minimum Gasteiger partial charge on any atom is -0.466 e. The molecule has 6 heteroatoms. The maximum Gasteiger partial charge on any atom is 0.307 e. The van der Waals surface area contributed by atoms with E-state index >= 15 is 0 Å². The average molecular weight is 299 g/mol. The number of rotatable bonds is 7. The highest BCUT2D eigenvalue weighted by Crippen LogP contribution is 2.08. The fourth-order valence-electron chi connectivity index (χ4n) is 2.80. The number of morpholine rings is 1. The molecule has 0 radical (unpaired) electrons. The molecule has 6 nitrogen and oxygen atoms in total. The highest BCUT2D eigenvalue weighted by Gasteiger charge is 2.17. The Bertz CT molecular complexity index is 301. The summed E-state index contributed by atoms with van der Waals surface area (Å²) in [5, 5.41) is 0. The topological polar surface area (TPSA) is 68.0 Å². The summed E-state index contributed by atoms with van der Waals surface area (Å²) < 4.78 is 10.6. The van der Waals surface area contributed by atoms with Gasteiger partial charge in [-0.25, -0.2) is 0 Å². The second kappa shape index (κ2) is 9.35. The Morgan fingerprint density at radius 2 is 1.76 bits per heavy atom. The van der Waals surface area contributed by atoms with Crippen molar-refractivity contribution >= 4 is 5.97 Å². The van der Waals surface area contributed by atoms with Crippen LogP contribution in [0.4, 0.5) is 0 Å². The van der Waals surface area contributed by atoms with Crippen molar-refractivity contribution in [2.45, 2.75) is 31.7 Å². The van der Waals surface area contributed by atoms with E-state index in [1.165, 1.54) is 0 Å². The van der Waals surface area contributed by atoms with E-state index < -0.39 is 0 Å². The minimum atomic E-state index is -0.0770. The Morgan fingerprint density at radius 1 is 1.10 bits per heavy atom. The summed E-state index contributed by atoms with van der Waals surface area (Å²) in [4.78, 5) is 16.4. The summed E-state index contributed by atoms with van der Waals surface area (Å²) in [6.45, 7) is 7.95. The van der Waals surface area contributed by atoms with Gasteiger partial charge < -0.3 is 20.1 Å². The highest BCUT2D eigenvalue weighted by atomic mass is 16.5. The molecule has 0 aromatic carbocycles. The van der Waals surface area contributed by atoms with Crippen LogP contribution in [-0.2, 0) is 14.3 Å². The molecule has 21 heavy (non-hydrogen) atoms. The SMILES string of the molecule is NC1CCN(CCC(=O)OCCCN2CCOCC2)CC1. The van der Waals surface area contributed by atoms with Crippen LogP contribution in [0.1, 0.15) is 25.7 Å². The van der Waals surface area contributed by atoms with Crippen molar-refractivity contribution in [2.24, 2.45) is 5.73 Å². The molecule has 2 heterocycles. The molecule has 0 bridgehead atoms. The molecule has 2 aliphatic rings. The molecule has 0 unspecified atom stereocenters. The van der Waals surface area contributed by atoms with Gasteiger partial charge in [-0.1, -0.05) is 0 Å². The molecule has 2 saturated heterocycles. The maximum absolute atomic E-state index is 11.7. The predicted molar refractivity (Wildman–Crippen MR) is 81.1 cm³/mol. The zero-order valence-corrected chi connectivity index (χ0v) is 13.0. The van der Waals surface area contributed by atoms with E-state index in [4.69, 9.17) is 15.2 Å². The number of carbonyl (C=O) groups excluding carboxylic acids is 1. The third-order valence-corrected chi connectivity index (χ3v) is 4.25. The lowest BCUT2D eigenvalue weighted by atomic mass is 10.1. The van der Waals surface area contributed by atoms with Crippen molar-refractivity contribution in [1.29, 1.82) is 0 Å². The fraction of sp³-hybridized carbons (Fsp3) is 0.933. The van der Waals surface area contributed by atoms with E-state index in [2.05, 4.69) is 9.80 Å². The van der Waals surface area contributed by atoms with Gasteiger partial charge in [-0.3, -0.25) is 9.69 Å². The second-order valence-corrected chi connectivity index (χ2v) is 5.96. The van der Waals surface area contributed by atoms with Crippen LogP contribution in [0, 0.1) is 0 Å². The van der Waals surface area contributed by atoms with Gasteiger partial charge in [0.15, 0.2) is 0 Å². The Hall–Kier alpha value is -0.690. The number of carbonyl (C=O) groups is 1. The molecule has 0 amide bonds. The number of ether oxygens (including phenoxy) is 2. The minimum absolute atomic E-state index is 0.0770. The summed E-state index contributed by atoms with van der Waals surface area (Å²) >= 11 is 0. The van der Waals surface area contributed by atoms with E-state index in [1.807, 2.05) is 0 Å². The van der Waals surface area contributed by atoms with Crippen LogP contribution in [0.3, 0.4) is 0 Å². The Labute approximate surface area is 127 Å². The van der Waals surface area contributed by atoms with Gasteiger partial charge in [0.25, 0.3) is 0 Å². The van der Waals surface area contributed by atoms with Gasteiger partial charge in [-0.15, -0.1) is 0 Å². The van der Waals surface area contributed by atoms with Gasteiger partial charge in [-0.2, -0.15) is 0 Å². The maximum atomic E-state index is 11.7. The summed E-state index contributed by atoms with van der Waals surface area (Å²) in [6, 6.07) is 0.341. The molecule has 2 aliphatic heterocycles. The zero-order valence-electron chi connectivity index (χ0n) is 13.0. The van der Waals surface area contributed by atoms with Crippen molar-refractivity contribution in [3.63, 3.8) is 0 Å². The molecule has 0 aromatic rings. The summed E-state index contributed by atoms with van der Waals surface area (Å²) in [7, 11) is 0. The first-order chi connectivity index (χ1) is 10.2. The first-order valence-electron chi connectivity index (χ1n) is 8.18. The Balaban J connectivity index is 1.45. The van der Waals surface area contributed by atoms with Crippen LogP contribution >= 0.6 is 0 Å². The molecule has 122 valence electrons. The standard InChI is InChI=1S/C15H29N3O3/c16-14-2-6-18(7-3-14)8-4-15(19)21-11-1-5-17-9-12-20-13-10-17/h14H,1-13,16H2. The van der Waals surface area contributed by atoms with Gasteiger partial charge >= 0.3 is 5.97 Å². The third-order valence-electron chi connectivity index (χ3n) is 4.25. The number of hydrogen-bond donors (Lipinski definition) is 1. The predicted octanol–water partition coefficient (Wildman–Crippen LogP) is 0.0651. The van der Waals surface area contributed by atoms with E-state index in [0.717, 1.165) is 71.7 Å². The van der Waals surface area contributed by atoms with Crippen molar-refractivity contribution in [1.82, 2.24) is 9.80 Å². The summed E-state index contributed by atoms with van der Waals surface area (Å²) in [5.41, 5.74) is 5.87. The molecule has 0 saturated carbocycles. The van der Waals surface area contributed by atoms with Gasteiger partial charge in [0, 0.05) is 32.2 Å². The lowest BCUT2D eigenvalue weighted by Crippen LogP contribution is -2.40. The van der Waals surface area contributed by atoms with Crippen molar-refractivity contribution in [3.8, 4) is 0 Å². The quantitative estimate of drug-likeness (QED) is 0.530. The first kappa shape index (κ1) is 16.7. The number of piperidine rings is 1. The normalized spacial score (nSPS) is 22.3. The smallest absolute Gasteiger partial charge is 0.307 e. The van der Waals surface area contributed by atoms with Crippen LogP contribution in [0.25, 0.3) is 0 Å². The van der Waals surface area contributed by atoms with Crippen LogP contribution in [0.15, 0.2) is 0 Å². The number of likely N-dealkylation sites (tertiary alicyclic amines) is 1. The molecule has 0 atom stereocenters. The van der Waals surface area contributed by atoms with E-state index in [-0.39, 0.29) is 5.97 Å². The number of esters is 1. The second-order valence-electron chi connectivity index (χ2n) is 5.96. The molecular formula is C15H29N3O3. The number of hydrogen-bond acceptors (Lipinski definition) is 6. The van der Waals surface area contributed by atoms with Gasteiger partial charge in [0.2, 0.25) is 0 Å². The fourth-order valence-corrected chi connectivity index (χ4v) is 2.80. The van der Waals surface area contributed by atoms with Crippen LogP contribution < -0.4 is 5.73 Å². The van der Waals surface area contributed by atoms with Gasteiger partial charge in [0.05, 0.1) is 26.2 Å². The van der Waals surface area contributed by atoms with Crippen molar-refractivity contribution in [3.05, 3.63) is 0 Å². The molecule has 0 aliphatic carbocycles. The van der Waals surface area contributed by atoms with E-state index in [1.54, 1.807) is 0 Å². The Morgan fingerprint density at radius 3 is 2.48 bits per heavy atom. The summed E-state index contributed by atoms with van der Waals surface area (Å²) in [6.07, 6.45) is 3.47. The van der Waals surface area contributed by atoms with Gasteiger partial charge in [0.1, 0.15) is 0 Å². The van der Waals surface area contributed by atoms with Crippen molar-refractivity contribution in [2.75, 3.05) is 59.1 Å². The third kappa shape index (κ3) is 6.74. The number of nitrogens with two attached hydrogens (primary N) is 1. The lowest BCUT2D eigenvalue weighted by molar-refractivity contribution is -0.144. The number of nitrogens with zero attached hydrogens (tertiary/aromatic N) is 2. The van der Waals surface area contributed by atoms with E-state index in [0.29, 0.717) is 19.1 Å². The molecular weight excluding hydrogens is 270 g/mol. The monoisotopic (exact) mass is 299 g/mol. The van der Waals surface area contributed by atoms with Crippen LogP contribution in [-0.4, -0.2) is 80.9 Å². The van der Waals surface area contributed by atoms with E-state index in [9.17, 15) is 4.79 Å². The molecule has 2 N–H and O–H groups in total. The molecule has 2 rings (SSSR count). The zero-order chi connectivity index (χ0) is 14.9. The first-order valence-corrected chi connectivity index (χ1v) is 8.18. The van der Waals surface area contributed by atoms with Crippen molar-refractivity contribution < 1.29 is 14.3 Å². The molecule has 0 aromatic heterocycles. The average Bonchev–Trinajstić information content (AvgIpc) is 2.52. The highest BCUT2D eigenvalue weighted by molar-refractivity contribution is 5.69. The largest absolute Gasteiger partial charge is 0.466 e. The lowest BCUT2D eigenvalue weighted by Gasteiger charge is -2.29. The molecule has 2 fully saturated rings. The van der Waals surface area contributed by atoms with Crippen LogP contribution in [0.2, 0.25) is 0 Å². The van der Waals surface area contributed by atoms with Crippen LogP contribution in [0.5, 0.6) is 0 Å². The molecule has 0 spiro atoms.